The van der Waals surface area contributed by atoms with Gasteiger partial charge in [-0.2, -0.15) is 0 Å². The maximum Gasteiger partial charge on any atom is 0.226 e. The van der Waals surface area contributed by atoms with Gasteiger partial charge >= 0.3 is 0 Å². The van der Waals surface area contributed by atoms with Crippen LogP contribution in [0.2, 0.25) is 0 Å². The van der Waals surface area contributed by atoms with E-state index in [0.717, 1.165) is 6.54 Å². The number of carbonyl (C=O) groups excluding carboxylic acids is 1. The first kappa shape index (κ1) is 15.6. The summed E-state index contributed by atoms with van der Waals surface area (Å²) in [7, 11) is 3.18. The van der Waals surface area contributed by atoms with Gasteiger partial charge in [0.05, 0.1) is 19.9 Å². The Morgan fingerprint density at radius 3 is 2.86 bits per heavy atom. The van der Waals surface area contributed by atoms with E-state index in [2.05, 4.69) is 17.6 Å². The van der Waals surface area contributed by atoms with Crippen LogP contribution in [0.5, 0.6) is 11.5 Å². The van der Waals surface area contributed by atoms with E-state index in [1.165, 1.54) is 12.8 Å². The molecule has 116 valence electrons. The van der Waals surface area contributed by atoms with Crippen LogP contribution >= 0.6 is 0 Å². The number of carbonyl (C=O) groups is 1. The van der Waals surface area contributed by atoms with Gasteiger partial charge in [-0.05, 0) is 37.4 Å². The molecule has 5 nitrogen and oxygen atoms in total. The molecule has 2 rings (SSSR count). The van der Waals surface area contributed by atoms with E-state index < -0.39 is 0 Å². The number of nitrogens with one attached hydrogen (secondary N) is 2. The van der Waals surface area contributed by atoms with E-state index in [9.17, 15) is 4.79 Å². The van der Waals surface area contributed by atoms with Gasteiger partial charge in [0.1, 0.15) is 11.5 Å². The second-order valence-electron chi connectivity index (χ2n) is 5.50. The molecule has 1 amide bonds. The minimum atomic E-state index is -0.00666. The predicted molar refractivity (Wildman–Crippen MR) is 83.0 cm³/mol. The summed E-state index contributed by atoms with van der Waals surface area (Å²) in [6.07, 6.45) is 2.83. The lowest BCUT2D eigenvalue weighted by molar-refractivity contribution is -0.117. The van der Waals surface area contributed by atoms with Crippen molar-refractivity contribution in [2.75, 3.05) is 26.1 Å². The summed E-state index contributed by atoms with van der Waals surface area (Å²) in [5, 5.41) is 6.34. The quantitative estimate of drug-likeness (QED) is 0.875. The number of piperidine rings is 1. The van der Waals surface area contributed by atoms with Crippen molar-refractivity contribution in [1.82, 2.24) is 5.32 Å². The standard InChI is InChI=1S/C16H24N2O3/c1-11-5-4-8-17-13(11)10-16(19)18-14-9-12(20-2)6-7-15(14)21-3/h6-7,9,11,13,17H,4-5,8,10H2,1-3H3,(H,18,19). The lowest BCUT2D eigenvalue weighted by atomic mass is 9.90. The second-order valence-corrected chi connectivity index (χ2v) is 5.50. The van der Waals surface area contributed by atoms with Crippen molar-refractivity contribution in [3.8, 4) is 11.5 Å². The van der Waals surface area contributed by atoms with Crippen molar-refractivity contribution in [3.63, 3.8) is 0 Å². The molecule has 21 heavy (non-hydrogen) atoms. The first-order valence-corrected chi connectivity index (χ1v) is 7.39. The molecule has 1 fully saturated rings. The Hall–Kier alpha value is -1.75. The summed E-state index contributed by atoms with van der Waals surface area (Å²) in [6.45, 7) is 3.18. The molecule has 0 radical (unpaired) electrons. The highest BCUT2D eigenvalue weighted by Crippen LogP contribution is 2.29. The Labute approximate surface area is 126 Å². The fraction of sp³-hybridized carbons (Fsp3) is 0.562. The van der Waals surface area contributed by atoms with Gasteiger partial charge in [-0.1, -0.05) is 6.92 Å². The summed E-state index contributed by atoms with van der Waals surface area (Å²) in [5.74, 6) is 1.84. The molecular weight excluding hydrogens is 268 g/mol. The largest absolute Gasteiger partial charge is 0.497 e. The Morgan fingerprint density at radius 2 is 2.19 bits per heavy atom. The Bertz CT molecular complexity index is 490. The summed E-state index contributed by atoms with van der Waals surface area (Å²) >= 11 is 0. The number of hydrogen-bond acceptors (Lipinski definition) is 4. The highest BCUT2D eigenvalue weighted by molar-refractivity contribution is 5.93. The zero-order valence-corrected chi connectivity index (χ0v) is 12.9. The molecule has 1 aliphatic rings. The highest BCUT2D eigenvalue weighted by atomic mass is 16.5. The van der Waals surface area contributed by atoms with Gasteiger partial charge in [-0.25, -0.2) is 0 Å². The number of ether oxygens (including phenoxy) is 2. The molecule has 1 saturated heterocycles. The van der Waals surface area contributed by atoms with E-state index in [0.29, 0.717) is 29.5 Å². The SMILES string of the molecule is COc1ccc(OC)c(NC(=O)CC2NCCCC2C)c1. The van der Waals surface area contributed by atoms with E-state index in [1.54, 1.807) is 32.4 Å². The maximum absolute atomic E-state index is 12.2. The number of amides is 1. The lowest BCUT2D eigenvalue weighted by Gasteiger charge is -2.29. The van der Waals surface area contributed by atoms with Gasteiger partial charge < -0.3 is 20.1 Å². The molecule has 1 heterocycles. The fourth-order valence-corrected chi connectivity index (χ4v) is 2.70. The molecule has 2 N–H and O–H groups in total. The van der Waals surface area contributed by atoms with Crippen molar-refractivity contribution >= 4 is 11.6 Å². The van der Waals surface area contributed by atoms with Gasteiger partial charge in [0.2, 0.25) is 5.91 Å². The van der Waals surface area contributed by atoms with Crippen LogP contribution in [-0.4, -0.2) is 32.7 Å². The summed E-state index contributed by atoms with van der Waals surface area (Å²) in [4.78, 5) is 12.2. The minimum Gasteiger partial charge on any atom is -0.497 e. The van der Waals surface area contributed by atoms with Crippen molar-refractivity contribution in [1.29, 1.82) is 0 Å². The average molecular weight is 292 g/mol. The van der Waals surface area contributed by atoms with Crippen LogP contribution in [0, 0.1) is 5.92 Å². The molecule has 0 saturated carbocycles. The monoisotopic (exact) mass is 292 g/mol. The fourth-order valence-electron chi connectivity index (χ4n) is 2.70. The molecule has 1 aromatic carbocycles. The van der Waals surface area contributed by atoms with Crippen molar-refractivity contribution in [3.05, 3.63) is 18.2 Å². The van der Waals surface area contributed by atoms with E-state index >= 15 is 0 Å². The Kier molecular flexibility index (Phi) is 5.44. The van der Waals surface area contributed by atoms with Gasteiger partial charge in [0.25, 0.3) is 0 Å². The molecule has 5 heteroatoms. The molecule has 0 aliphatic carbocycles. The van der Waals surface area contributed by atoms with Crippen LogP contribution in [0.25, 0.3) is 0 Å². The van der Waals surface area contributed by atoms with Gasteiger partial charge in [0.15, 0.2) is 0 Å². The van der Waals surface area contributed by atoms with Gasteiger partial charge in [0, 0.05) is 18.5 Å². The van der Waals surface area contributed by atoms with Gasteiger partial charge in [-0.15, -0.1) is 0 Å². The highest BCUT2D eigenvalue weighted by Gasteiger charge is 2.23. The normalized spacial score (nSPS) is 21.7. The number of rotatable bonds is 5. The molecule has 2 atom stereocenters. The molecule has 2 unspecified atom stereocenters. The van der Waals surface area contributed by atoms with E-state index in [1.807, 2.05) is 0 Å². The maximum atomic E-state index is 12.2. The predicted octanol–water partition coefficient (Wildman–Crippen LogP) is 2.42. The summed E-state index contributed by atoms with van der Waals surface area (Å²) < 4.78 is 10.5. The van der Waals surface area contributed by atoms with Crippen LogP contribution in [-0.2, 0) is 4.79 Å². The van der Waals surface area contributed by atoms with Crippen molar-refractivity contribution in [2.45, 2.75) is 32.2 Å². The molecule has 1 aromatic rings. The smallest absolute Gasteiger partial charge is 0.226 e. The lowest BCUT2D eigenvalue weighted by Crippen LogP contribution is -2.42. The van der Waals surface area contributed by atoms with Crippen LogP contribution in [0.4, 0.5) is 5.69 Å². The third-order valence-electron chi connectivity index (χ3n) is 4.02. The van der Waals surface area contributed by atoms with Crippen LogP contribution in [0.1, 0.15) is 26.2 Å². The molecule has 1 aliphatic heterocycles. The van der Waals surface area contributed by atoms with Crippen LogP contribution in [0.3, 0.4) is 0 Å². The molecule has 0 spiro atoms. The Balaban J connectivity index is 2.01. The third-order valence-corrected chi connectivity index (χ3v) is 4.02. The van der Waals surface area contributed by atoms with E-state index in [-0.39, 0.29) is 11.9 Å². The molecule has 0 aromatic heterocycles. The van der Waals surface area contributed by atoms with Crippen molar-refractivity contribution < 1.29 is 14.3 Å². The average Bonchev–Trinajstić information content (AvgIpc) is 2.49. The van der Waals surface area contributed by atoms with E-state index in [4.69, 9.17) is 9.47 Å². The van der Waals surface area contributed by atoms with Crippen LogP contribution < -0.4 is 20.1 Å². The third kappa shape index (κ3) is 4.11. The minimum absolute atomic E-state index is 0.00666. The number of hydrogen-bond donors (Lipinski definition) is 2. The van der Waals surface area contributed by atoms with Gasteiger partial charge in [-0.3, -0.25) is 4.79 Å². The summed E-state index contributed by atoms with van der Waals surface area (Å²) in [6, 6.07) is 5.61. The zero-order valence-electron chi connectivity index (χ0n) is 12.9. The molecule has 0 bridgehead atoms. The first-order valence-electron chi connectivity index (χ1n) is 7.39. The summed E-state index contributed by atoms with van der Waals surface area (Å²) in [5.41, 5.74) is 0.644. The number of anilines is 1. The first-order chi connectivity index (χ1) is 10.1. The zero-order chi connectivity index (χ0) is 15.2. The Morgan fingerprint density at radius 1 is 1.38 bits per heavy atom. The van der Waals surface area contributed by atoms with Crippen molar-refractivity contribution in [2.24, 2.45) is 5.92 Å². The number of benzene rings is 1. The second kappa shape index (κ2) is 7.31. The topological polar surface area (TPSA) is 59.6 Å². The van der Waals surface area contributed by atoms with Crippen LogP contribution in [0.15, 0.2) is 18.2 Å². The number of methoxy groups -OCH3 is 2. The molecular formula is C16H24N2O3.